The average Bonchev–Trinajstić information content (AvgIpc) is 2.81. The van der Waals surface area contributed by atoms with Crippen molar-refractivity contribution in [3.05, 3.63) is 42.4 Å². The molecule has 1 atom stereocenters. The topological polar surface area (TPSA) is 63.3 Å². The van der Waals surface area contributed by atoms with Gasteiger partial charge in [0.25, 0.3) is 0 Å². The zero-order valence-corrected chi connectivity index (χ0v) is 8.75. The van der Waals surface area contributed by atoms with E-state index in [1.807, 2.05) is 12.1 Å². The van der Waals surface area contributed by atoms with Gasteiger partial charge in [-0.15, -0.1) is 0 Å². The maximum absolute atomic E-state index is 10.8. The van der Waals surface area contributed by atoms with E-state index < -0.39 is 11.9 Å². The summed E-state index contributed by atoms with van der Waals surface area (Å²) in [5, 5.41) is 8.86. The highest BCUT2D eigenvalue weighted by Crippen LogP contribution is 2.22. The van der Waals surface area contributed by atoms with Crippen molar-refractivity contribution in [3.8, 4) is 11.3 Å². The van der Waals surface area contributed by atoms with Crippen molar-refractivity contribution < 1.29 is 14.3 Å². The van der Waals surface area contributed by atoms with Crippen LogP contribution in [0.15, 0.2) is 41.3 Å². The van der Waals surface area contributed by atoms with Crippen molar-refractivity contribution in [2.45, 2.75) is 12.8 Å². The highest BCUT2D eigenvalue weighted by Gasteiger charge is 2.13. The van der Waals surface area contributed by atoms with Gasteiger partial charge >= 0.3 is 5.97 Å². The van der Waals surface area contributed by atoms with E-state index in [1.54, 1.807) is 25.3 Å². The second-order valence-corrected chi connectivity index (χ2v) is 3.55. The first-order valence-corrected chi connectivity index (χ1v) is 4.90. The van der Waals surface area contributed by atoms with E-state index in [0.717, 1.165) is 11.1 Å². The molecule has 0 aliphatic rings. The van der Waals surface area contributed by atoms with Gasteiger partial charge < -0.3 is 9.52 Å². The Labute approximate surface area is 92.6 Å². The fraction of sp³-hybridized carbons (Fsp3) is 0.167. The maximum atomic E-state index is 10.8. The molecule has 1 aromatic heterocycles. The van der Waals surface area contributed by atoms with Gasteiger partial charge in [0.15, 0.2) is 12.2 Å². The third-order valence-corrected chi connectivity index (χ3v) is 2.50. The van der Waals surface area contributed by atoms with E-state index >= 15 is 0 Å². The number of carboxylic acids is 1. The smallest absolute Gasteiger partial charge is 0.310 e. The molecular formula is C12H11NO3. The predicted octanol–water partition coefficient (Wildman–Crippen LogP) is 2.53. The second-order valence-electron chi connectivity index (χ2n) is 3.55. The molecule has 0 saturated carbocycles. The first kappa shape index (κ1) is 10.4. The quantitative estimate of drug-likeness (QED) is 0.858. The van der Waals surface area contributed by atoms with Crippen LogP contribution in [0.5, 0.6) is 0 Å². The molecule has 1 unspecified atom stereocenters. The number of hydrogen-bond acceptors (Lipinski definition) is 3. The van der Waals surface area contributed by atoms with Crippen molar-refractivity contribution in [3.63, 3.8) is 0 Å². The molecule has 16 heavy (non-hydrogen) atoms. The molecule has 0 bridgehead atoms. The van der Waals surface area contributed by atoms with E-state index in [2.05, 4.69) is 4.98 Å². The number of carboxylic acid groups (broad SMARTS) is 1. The Morgan fingerprint density at radius 1 is 1.38 bits per heavy atom. The minimum atomic E-state index is -0.826. The molecule has 1 aromatic carbocycles. The molecule has 1 N–H and O–H groups in total. The predicted molar refractivity (Wildman–Crippen MR) is 58.0 cm³/mol. The van der Waals surface area contributed by atoms with Crippen LogP contribution in [0.4, 0.5) is 0 Å². The minimum Gasteiger partial charge on any atom is -0.481 e. The van der Waals surface area contributed by atoms with Crippen molar-refractivity contribution in [1.82, 2.24) is 4.98 Å². The normalized spacial score (nSPS) is 12.3. The van der Waals surface area contributed by atoms with E-state index in [4.69, 9.17) is 9.52 Å². The van der Waals surface area contributed by atoms with Crippen LogP contribution in [0.1, 0.15) is 18.4 Å². The van der Waals surface area contributed by atoms with Crippen LogP contribution in [0.3, 0.4) is 0 Å². The third kappa shape index (κ3) is 1.95. The van der Waals surface area contributed by atoms with Crippen molar-refractivity contribution in [2.75, 3.05) is 0 Å². The fourth-order valence-corrected chi connectivity index (χ4v) is 1.44. The molecule has 0 aliphatic carbocycles. The highest BCUT2D eigenvalue weighted by molar-refractivity contribution is 5.75. The lowest BCUT2D eigenvalue weighted by Gasteiger charge is -2.06. The summed E-state index contributed by atoms with van der Waals surface area (Å²) in [6, 6.07) is 7.23. The largest absolute Gasteiger partial charge is 0.481 e. The Balaban J connectivity index is 2.26. The summed E-state index contributed by atoms with van der Waals surface area (Å²) in [6.45, 7) is 1.66. The SMILES string of the molecule is CC(C(=O)O)c1ccc(-c2cnco2)cc1. The van der Waals surface area contributed by atoms with Crippen LogP contribution in [0.2, 0.25) is 0 Å². The van der Waals surface area contributed by atoms with Crippen LogP contribution in [0.25, 0.3) is 11.3 Å². The van der Waals surface area contributed by atoms with Crippen LogP contribution in [-0.4, -0.2) is 16.1 Å². The summed E-state index contributed by atoms with van der Waals surface area (Å²) in [6.07, 6.45) is 2.98. The lowest BCUT2D eigenvalue weighted by molar-refractivity contribution is -0.138. The fourth-order valence-electron chi connectivity index (χ4n) is 1.44. The van der Waals surface area contributed by atoms with Crippen LogP contribution < -0.4 is 0 Å². The maximum Gasteiger partial charge on any atom is 0.310 e. The zero-order chi connectivity index (χ0) is 11.5. The average molecular weight is 217 g/mol. The number of hydrogen-bond donors (Lipinski definition) is 1. The Kier molecular flexibility index (Phi) is 2.72. The minimum absolute atomic E-state index is 0.497. The molecule has 4 heteroatoms. The summed E-state index contributed by atoms with van der Waals surface area (Å²) in [4.78, 5) is 14.6. The van der Waals surface area contributed by atoms with E-state index in [9.17, 15) is 4.79 Å². The van der Waals surface area contributed by atoms with Crippen LogP contribution >= 0.6 is 0 Å². The molecular weight excluding hydrogens is 206 g/mol. The first-order chi connectivity index (χ1) is 7.68. The summed E-state index contributed by atoms with van der Waals surface area (Å²) in [5.74, 6) is -0.647. The summed E-state index contributed by atoms with van der Waals surface area (Å²) in [7, 11) is 0. The second kappa shape index (κ2) is 4.18. The molecule has 0 amide bonds. The molecule has 0 fully saturated rings. The Morgan fingerprint density at radius 3 is 2.56 bits per heavy atom. The number of aromatic nitrogens is 1. The summed E-state index contributed by atoms with van der Waals surface area (Å²) >= 11 is 0. The van der Waals surface area contributed by atoms with Gasteiger partial charge in [-0.25, -0.2) is 4.98 Å². The number of carbonyl (C=O) groups is 1. The molecule has 0 aliphatic heterocycles. The van der Waals surface area contributed by atoms with Gasteiger partial charge in [-0.1, -0.05) is 24.3 Å². The standard InChI is InChI=1S/C12H11NO3/c1-8(12(14)15)9-2-4-10(5-3-9)11-6-13-7-16-11/h2-8H,1H3,(H,14,15). The Morgan fingerprint density at radius 2 is 2.06 bits per heavy atom. The lowest BCUT2D eigenvalue weighted by atomic mass is 10.00. The third-order valence-electron chi connectivity index (χ3n) is 2.50. The van der Waals surface area contributed by atoms with E-state index in [1.165, 1.54) is 6.39 Å². The number of rotatable bonds is 3. The molecule has 4 nitrogen and oxygen atoms in total. The van der Waals surface area contributed by atoms with Gasteiger partial charge in [-0.05, 0) is 12.5 Å². The van der Waals surface area contributed by atoms with Gasteiger partial charge in [0, 0.05) is 5.56 Å². The number of nitrogens with zero attached hydrogens (tertiary/aromatic N) is 1. The molecule has 0 saturated heterocycles. The first-order valence-electron chi connectivity index (χ1n) is 4.90. The zero-order valence-electron chi connectivity index (χ0n) is 8.75. The number of oxazole rings is 1. The lowest BCUT2D eigenvalue weighted by Crippen LogP contribution is -2.06. The molecule has 0 radical (unpaired) electrons. The van der Waals surface area contributed by atoms with Gasteiger partial charge in [0.1, 0.15) is 0 Å². The number of aliphatic carboxylic acids is 1. The van der Waals surface area contributed by atoms with Gasteiger partial charge in [0.05, 0.1) is 12.1 Å². The van der Waals surface area contributed by atoms with Crippen LogP contribution in [0, 0.1) is 0 Å². The van der Waals surface area contributed by atoms with E-state index in [-0.39, 0.29) is 0 Å². The van der Waals surface area contributed by atoms with E-state index in [0.29, 0.717) is 5.76 Å². The van der Waals surface area contributed by atoms with Gasteiger partial charge in [0.2, 0.25) is 0 Å². The summed E-state index contributed by atoms with van der Waals surface area (Å²) in [5.41, 5.74) is 1.66. The number of benzene rings is 1. The van der Waals surface area contributed by atoms with Crippen molar-refractivity contribution >= 4 is 5.97 Å². The van der Waals surface area contributed by atoms with Crippen molar-refractivity contribution in [2.24, 2.45) is 0 Å². The highest BCUT2D eigenvalue weighted by atomic mass is 16.4. The van der Waals surface area contributed by atoms with Crippen molar-refractivity contribution in [1.29, 1.82) is 0 Å². The Bertz CT molecular complexity index is 473. The molecule has 0 spiro atoms. The van der Waals surface area contributed by atoms with Gasteiger partial charge in [-0.3, -0.25) is 4.79 Å². The molecule has 2 aromatic rings. The summed E-state index contributed by atoms with van der Waals surface area (Å²) < 4.78 is 5.14. The molecule has 2 rings (SSSR count). The Hall–Kier alpha value is -2.10. The molecule has 82 valence electrons. The van der Waals surface area contributed by atoms with Gasteiger partial charge in [-0.2, -0.15) is 0 Å². The monoisotopic (exact) mass is 217 g/mol. The van der Waals surface area contributed by atoms with Crippen LogP contribution in [-0.2, 0) is 4.79 Å². The molecule has 1 heterocycles.